The molecule has 1 aromatic heterocycles. The van der Waals surface area contributed by atoms with E-state index < -0.39 is 0 Å². The van der Waals surface area contributed by atoms with Crippen LogP contribution in [0.25, 0.3) is 0 Å². The lowest BCUT2D eigenvalue weighted by atomic mass is 10.1. The van der Waals surface area contributed by atoms with E-state index in [0.717, 1.165) is 24.7 Å². The number of nitrogens with zero attached hydrogens (tertiary/aromatic N) is 2. The summed E-state index contributed by atoms with van der Waals surface area (Å²) in [5.74, 6) is 2.61. The molecule has 0 amide bonds. The van der Waals surface area contributed by atoms with Crippen LogP contribution in [0, 0.1) is 5.92 Å². The van der Waals surface area contributed by atoms with E-state index in [-0.39, 0.29) is 11.6 Å². The first kappa shape index (κ1) is 18.5. The molecule has 24 heavy (non-hydrogen) atoms. The monoisotopic (exact) mass is 329 g/mol. The molecule has 1 N–H and O–H groups in total. The highest BCUT2D eigenvalue weighted by molar-refractivity contribution is 5.29. The van der Waals surface area contributed by atoms with Gasteiger partial charge in [0.2, 0.25) is 0 Å². The topological polar surface area (TPSA) is 39.1 Å². The Labute approximate surface area is 146 Å². The van der Waals surface area contributed by atoms with Crippen LogP contribution < -0.4 is 10.1 Å². The van der Waals surface area contributed by atoms with Crippen molar-refractivity contribution in [3.63, 3.8) is 0 Å². The molecule has 0 bridgehead atoms. The zero-order chi connectivity index (χ0) is 17.7. The van der Waals surface area contributed by atoms with Gasteiger partial charge in [0.05, 0.1) is 6.54 Å². The number of aromatic nitrogens is 2. The Morgan fingerprint density at radius 3 is 2.38 bits per heavy atom. The average molecular weight is 329 g/mol. The van der Waals surface area contributed by atoms with Crippen molar-refractivity contribution in [2.24, 2.45) is 5.92 Å². The molecule has 2 aromatic rings. The van der Waals surface area contributed by atoms with Crippen LogP contribution in [0.2, 0.25) is 0 Å². The maximum atomic E-state index is 5.87. The number of rotatable bonds is 7. The lowest BCUT2D eigenvalue weighted by Gasteiger charge is -2.22. The summed E-state index contributed by atoms with van der Waals surface area (Å²) in [4.78, 5) is 4.47. The molecule has 0 saturated carbocycles. The number of nitrogens with one attached hydrogen (secondary N) is 1. The van der Waals surface area contributed by atoms with Gasteiger partial charge in [0.25, 0.3) is 0 Å². The number of benzene rings is 1. The molecule has 2 rings (SSSR count). The fourth-order valence-corrected chi connectivity index (χ4v) is 2.61. The minimum Gasteiger partial charge on any atom is -0.488 e. The fraction of sp³-hybridized carbons (Fsp3) is 0.550. The maximum absolute atomic E-state index is 5.87. The van der Waals surface area contributed by atoms with Crippen LogP contribution >= 0.6 is 0 Å². The summed E-state index contributed by atoms with van der Waals surface area (Å²) >= 11 is 0. The van der Waals surface area contributed by atoms with Gasteiger partial charge in [0.1, 0.15) is 17.2 Å². The molecule has 4 nitrogen and oxygen atoms in total. The zero-order valence-corrected chi connectivity index (χ0v) is 15.8. The highest BCUT2D eigenvalue weighted by Gasteiger charge is 2.13. The Morgan fingerprint density at radius 1 is 1.12 bits per heavy atom. The first-order chi connectivity index (χ1) is 11.2. The van der Waals surface area contributed by atoms with E-state index in [1.54, 1.807) is 0 Å². The second-order valence-corrected chi connectivity index (χ2v) is 7.78. The van der Waals surface area contributed by atoms with Gasteiger partial charge in [-0.2, -0.15) is 0 Å². The molecule has 1 aromatic carbocycles. The van der Waals surface area contributed by atoms with Crippen LogP contribution in [0.5, 0.6) is 5.75 Å². The predicted molar refractivity (Wildman–Crippen MR) is 99.1 cm³/mol. The summed E-state index contributed by atoms with van der Waals surface area (Å²) < 4.78 is 8.10. The summed E-state index contributed by atoms with van der Waals surface area (Å²) in [6, 6.07) is 8.59. The second-order valence-electron chi connectivity index (χ2n) is 7.78. The van der Waals surface area contributed by atoms with Crippen LogP contribution in [0.4, 0.5) is 0 Å². The minimum atomic E-state index is -0.168. The number of hydrogen-bond donors (Lipinski definition) is 1. The van der Waals surface area contributed by atoms with Crippen molar-refractivity contribution in [3.05, 3.63) is 48.0 Å². The molecule has 1 heterocycles. The number of ether oxygens (including phenoxy) is 1. The molecule has 0 aliphatic carbocycles. The first-order valence-electron chi connectivity index (χ1n) is 8.77. The molecule has 1 atom stereocenters. The molecular formula is C20H31N3O. The second kappa shape index (κ2) is 7.84. The van der Waals surface area contributed by atoms with Gasteiger partial charge >= 0.3 is 0 Å². The maximum Gasteiger partial charge on any atom is 0.122 e. The summed E-state index contributed by atoms with van der Waals surface area (Å²) in [5, 5.41) is 3.56. The summed E-state index contributed by atoms with van der Waals surface area (Å²) in [6.45, 7) is 14.6. The Morgan fingerprint density at radius 2 is 1.79 bits per heavy atom. The quantitative estimate of drug-likeness (QED) is 0.809. The lowest BCUT2D eigenvalue weighted by Crippen LogP contribution is -2.23. The van der Waals surface area contributed by atoms with E-state index in [4.69, 9.17) is 4.74 Å². The molecule has 0 spiro atoms. The van der Waals surface area contributed by atoms with Crippen molar-refractivity contribution in [1.29, 1.82) is 0 Å². The predicted octanol–water partition coefficient (Wildman–Crippen LogP) is 4.57. The molecule has 0 aliphatic rings. The van der Waals surface area contributed by atoms with Gasteiger partial charge in [-0.1, -0.05) is 26.0 Å². The highest BCUT2D eigenvalue weighted by atomic mass is 16.5. The lowest BCUT2D eigenvalue weighted by molar-refractivity contribution is 0.131. The molecular weight excluding hydrogens is 298 g/mol. The van der Waals surface area contributed by atoms with Gasteiger partial charge in [0, 0.05) is 25.0 Å². The van der Waals surface area contributed by atoms with E-state index in [2.05, 4.69) is 74.7 Å². The van der Waals surface area contributed by atoms with Crippen LogP contribution in [0.15, 0.2) is 36.7 Å². The summed E-state index contributed by atoms with van der Waals surface area (Å²) in [6.07, 6.45) is 3.93. The Bertz CT molecular complexity index is 623. The molecule has 132 valence electrons. The third-order valence-corrected chi connectivity index (χ3v) is 3.73. The highest BCUT2D eigenvalue weighted by Crippen LogP contribution is 2.21. The molecule has 0 unspecified atom stereocenters. The van der Waals surface area contributed by atoms with Crippen molar-refractivity contribution in [1.82, 2.24) is 14.9 Å². The molecule has 0 saturated heterocycles. The van der Waals surface area contributed by atoms with Gasteiger partial charge < -0.3 is 14.6 Å². The summed E-state index contributed by atoms with van der Waals surface area (Å²) in [5.41, 5.74) is 1.08. The normalized spacial score (nSPS) is 13.3. The number of imidazole rings is 1. The van der Waals surface area contributed by atoms with Crippen LogP contribution in [-0.2, 0) is 13.1 Å². The largest absolute Gasteiger partial charge is 0.488 e. The zero-order valence-electron chi connectivity index (χ0n) is 15.8. The molecule has 0 fully saturated rings. The third kappa shape index (κ3) is 5.68. The molecule has 0 radical (unpaired) electrons. The van der Waals surface area contributed by atoms with Crippen LogP contribution in [0.1, 0.15) is 59.0 Å². The van der Waals surface area contributed by atoms with Gasteiger partial charge in [-0.15, -0.1) is 0 Å². The van der Waals surface area contributed by atoms with Crippen LogP contribution in [-0.4, -0.2) is 15.2 Å². The smallest absolute Gasteiger partial charge is 0.122 e. The van der Waals surface area contributed by atoms with Gasteiger partial charge in [-0.25, -0.2) is 4.98 Å². The third-order valence-electron chi connectivity index (χ3n) is 3.73. The standard InChI is InChI=1S/C20H31N3O/c1-15(2)14-23-12-11-21-19(23)13-22-16(3)17-7-9-18(10-8-17)24-20(4,5)6/h7-12,15-16,22H,13-14H2,1-6H3/t16-/m1/s1. The van der Waals surface area contributed by atoms with E-state index in [9.17, 15) is 0 Å². The van der Waals surface area contributed by atoms with Gasteiger partial charge in [-0.3, -0.25) is 0 Å². The van der Waals surface area contributed by atoms with E-state index in [1.165, 1.54) is 5.56 Å². The van der Waals surface area contributed by atoms with E-state index >= 15 is 0 Å². The van der Waals surface area contributed by atoms with Crippen molar-refractivity contribution < 1.29 is 4.74 Å². The Kier molecular flexibility index (Phi) is 6.05. The minimum absolute atomic E-state index is 0.168. The Balaban J connectivity index is 1.93. The molecule has 4 heteroatoms. The van der Waals surface area contributed by atoms with Gasteiger partial charge in [0.15, 0.2) is 0 Å². The Hall–Kier alpha value is -1.81. The van der Waals surface area contributed by atoms with Crippen molar-refractivity contribution in [3.8, 4) is 5.75 Å². The van der Waals surface area contributed by atoms with E-state index in [0.29, 0.717) is 5.92 Å². The fourth-order valence-electron chi connectivity index (χ4n) is 2.61. The van der Waals surface area contributed by atoms with Gasteiger partial charge in [-0.05, 0) is 51.3 Å². The van der Waals surface area contributed by atoms with E-state index in [1.807, 2.05) is 18.3 Å². The van der Waals surface area contributed by atoms with Crippen LogP contribution in [0.3, 0.4) is 0 Å². The van der Waals surface area contributed by atoms with Crippen molar-refractivity contribution in [2.45, 2.75) is 66.3 Å². The molecule has 0 aliphatic heterocycles. The van der Waals surface area contributed by atoms with Crippen molar-refractivity contribution >= 4 is 0 Å². The average Bonchev–Trinajstić information content (AvgIpc) is 2.90. The summed E-state index contributed by atoms with van der Waals surface area (Å²) in [7, 11) is 0. The number of hydrogen-bond acceptors (Lipinski definition) is 3. The first-order valence-corrected chi connectivity index (χ1v) is 8.77. The van der Waals surface area contributed by atoms with Crippen molar-refractivity contribution in [2.75, 3.05) is 0 Å². The SMILES string of the molecule is CC(C)Cn1ccnc1CN[C@H](C)c1ccc(OC(C)(C)C)cc1.